The summed E-state index contributed by atoms with van der Waals surface area (Å²) >= 11 is 0. The summed E-state index contributed by atoms with van der Waals surface area (Å²) in [4.78, 5) is 0. The molecule has 0 aromatic carbocycles. The number of hydrogen-bond acceptors (Lipinski definition) is 3. The molecule has 0 spiro atoms. The molecule has 0 amide bonds. The maximum absolute atomic E-state index is 11.7. The first-order valence-electron chi connectivity index (χ1n) is 5.93. The standard InChI is InChI=1S/C11H25NO2S/c1-3-5-6-9-15(14)10-11(7-8-13)12-4-2/h11-13H,3-10H2,1-2H3. The average molecular weight is 235 g/mol. The topological polar surface area (TPSA) is 49.3 Å². The van der Waals surface area contributed by atoms with E-state index in [0.29, 0.717) is 12.2 Å². The Bertz CT molecular complexity index is 159. The predicted molar refractivity (Wildman–Crippen MR) is 66.6 cm³/mol. The van der Waals surface area contributed by atoms with Gasteiger partial charge in [0.15, 0.2) is 0 Å². The number of nitrogens with one attached hydrogen (secondary N) is 1. The van der Waals surface area contributed by atoms with Gasteiger partial charge in [0.25, 0.3) is 0 Å². The number of aliphatic hydroxyl groups is 1. The Morgan fingerprint density at radius 3 is 2.60 bits per heavy atom. The van der Waals surface area contributed by atoms with Crippen LogP contribution in [0.1, 0.15) is 39.5 Å². The van der Waals surface area contributed by atoms with Crippen molar-refractivity contribution in [2.45, 2.75) is 45.6 Å². The minimum atomic E-state index is -0.728. The van der Waals surface area contributed by atoms with Gasteiger partial charge in [0.1, 0.15) is 0 Å². The zero-order chi connectivity index (χ0) is 11.5. The van der Waals surface area contributed by atoms with Crippen molar-refractivity contribution in [3.05, 3.63) is 0 Å². The van der Waals surface area contributed by atoms with Gasteiger partial charge in [-0.25, -0.2) is 0 Å². The lowest BCUT2D eigenvalue weighted by atomic mass is 10.2. The van der Waals surface area contributed by atoms with E-state index in [1.54, 1.807) is 0 Å². The molecule has 2 atom stereocenters. The quantitative estimate of drug-likeness (QED) is 0.561. The Morgan fingerprint density at radius 1 is 1.33 bits per heavy atom. The van der Waals surface area contributed by atoms with Crippen molar-refractivity contribution < 1.29 is 9.32 Å². The van der Waals surface area contributed by atoms with Crippen molar-refractivity contribution in [3.63, 3.8) is 0 Å². The second-order valence-electron chi connectivity index (χ2n) is 3.78. The normalized spacial score (nSPS) is 15.1. The number of rotatable bonds is 10. The summed E-state index contributed by atoms with van der Waals surface area (Å²) < 4.78 is 11.7. The summed E-state index contributed by atoms with van der Waals surface area (Å²) in [6.45, 7) is 5.22. The molecule has 0 rings (SSSR count). The Hall–Kier alpha value is 0.0700. The summed E-state index contributed by atoms with van der Waals surface area (Å²) in [7, 11) is -0.728. The van der Waals surface area contributed by atoms with E-state index in [2.05, 4.69) is 12.2 Å². The summed E-state index contributed by atoms with van der Waals surface area (Å²) in [6.07, 6.45) is 4.09. The molecular weight excluding hydrogens is 210 g/mol. The minimum absolute atomic E-state index is 0.170. The molecule has 0 aromatic heterocycles. The lowest BCUT2D eigenvalue weighted by Gasteiger charge is -2.15. The third kappa shape index (κ3) is 9.03. The van der Waals surface area contributed by atoms with E-state index >= 15 is 0 Å². The molecular formula is C11H25NO2S. The fourth-order valence-corrected chi connectivity index (χ4v) is 2.94. The van der Waals surface area contributed by atoms with Crippen LogP contribution in [0.2, 0.25) is 0 Å². The lowest BCUT2D eigenvalue weighted by molar-refractivity contribution is 0.270. The monoisotopic (exact) mass is 235 g/mol. The maximum Gasteiger partial charge on any atom is 0.0446 e. The van der Waals surface area contributed by atoms with Crippen LogP contribution >= 0.6 is 0 Å². The fourth-order valence-electron chi connectivity index (χ4n) is 1.51. The molecule has 4 heteroatoms. The minimum Gasteiger partial charge on any atom is -0.396 e. The van der Waals surface area contributed by atoms with Crippen molar-refractivity contribution in [3.8, 4) is 0 Å². The Balaban J connectivity index is 3.67. The smallest absolute Gasteiger partial charge is 0.0446 e. The molecule has 0 fully saturated rings. The molecule has 0 radical (unpaired) electrons. The molecule has 2 N–H and O–H groups in total. The van der Waals surface area contributed by atoms with Crippen molar-refractivity contribution in [1.82, 2.24) is 5.32 Å². The van der Waals surface area contributed by atoms with Crippen LogP contribution in [0.25, 0.3) is 0 Å². The van der Waals surface area contributed by atoms with E-state index in [-0.39, 0.29) is 12.6 Å². The predicted octanol–water partition coefficient (Wildman–Crippen LogP) is 1.29. The molecule has 0 saturated heterocycles. The van der Waals surface area contributed by atoms with Crippen LogP contribution in [-0.2, 0) is 10.8 Å². The number of hydrogen-bond donors (Lipinski definition) is 2. The highest BCUT2D eigenvalue weighted by Crippen LogP contribution is 2.00. The largest absolute Gasteiger partial charge is 0.396 e. The zero-order valence-corrected chi connectivity index (χ0v) is 10.8. The average Bonchev–Trinajstić information content (AvgIpc) is 2.19. The molecule has 0 aliphatic rings. The van der Waals surface area contributed by atoms with Gasteiger partial charge in [0.05, 0.1) is 0 Å². The molecule has 0 bridgehead atoms. The van der Waals surface area contributed by atoms with Crippen molar-refractivity contribution in [1.29, 1.82) is 0 Å². The van der Waals surface area contributed by atoms with Gasteiger partial charge in [0, 0.05) is 35.0 Å². The van der Waals surface area contributed by atoms with Crippen LogP contribution in [-0.4, -0.2) is 40.0 Å². The van der Waals surface area contributed by atoms with E-state index in [0.717, 1.165) is 25.1 Å². The van der Waals surface area contributed by atoms with Crippen LogP contribution in [0, 0.1) is 0 Å². The van der Waals surface area contributed by atoms with Crippen molar-refractivity contribution in [2.75, 3.05) is 24.7 Å². The van der Waals surface area contributed by atoms with Gasteiger partial charge in [0.2, 0.25) is 0 Å². The molecule has 2 unspecified atom stereocenters. The van der Waals surface area contributed by atoms with Crippen LogP contribution in [0.5, 0.6) is 0 Å². The van der Waals surface area contributed by atoms with Gasteiger partial charge < -0.3 is 10.4 Å². The first-order valence-corrected chi connectivity index (χ1v) is 7.42. The van der Waals surface area contributed by atoms with Gasteiger partial charge in [-0.05, 0) is 19.4 Å². The van der Waals surface area contributed by atoms with E-state index in [1.165, 1.54) is 6.42 Å². The Labute approximate surface area is 96.1 Å². The van der Waals surface area contributed by atoms with E-state index in [1.807, 2.05) is 6.92 Å². The van der Waals surface area contributed by atoms with E-state index < -0.39 is 10.8 Å². The summed E-state index contributed by atoms with van der Waals surface area (Å²) in [5, 5.41) is 12.1. The second-order valence-corrected chi connectivity index (χ2v) is 5.41. The van der Waals surface area contributed by atoms with Gasteiger partial charge in [-0.1, -0.05) is 26.7 Å². The molecule has 0 aliphatic carbocycles. The SMILES string of the molecule is CCCCCS(=O)CC(CCO)NCC. The molecule has 0 heterocycles. The molecule has 0 saturated carbocycles. The third-order valence-electron chi connectivity index (χ3n) is 2.33. The highest BCUT2D eigenvalue weighted by atomic mass is 32.2. The Kier molecular flexibility index (Phi) is 10.6. The van der Waals surface area contributed by atoms with Crippen LogP contribution in [0.4, 0.5) is 0 Å². The van der Waals surface area contributed by atoms with Gasteiger partial charge in [-0.3, -0.25) is 4.21 Å². The van der Waals surface area contributed by atoms with Crippen molar-refractivity contribution in [2.24, 2.45) is 0 Å². The summed E-state index contributed by atoms with van der Waals surface area (Å²) in [5.41, 5.74) is 0. The van der Waals surface area contributed by atoms with Crippen LogP contribution < -0.4 is 5.32 Å². The van der Waals surface area contributed by atoms with Gasteiger partial charge in [-0.15, -0.1) is 0 Å². The van der Waals surface area contributed by atoms with E-state index in [9.17, 15) is 4.21 Å². The first kappa shape index (κ1) is 15.1. The molecule has 0 aliphatic heterocycles. The van der Waals surface area contributed by atoms with Crippen LogP contribution in [0.15, 0.2) is 0 Å². The highest BCUT2D eigenvalue weighted by Gasteiger charge is 2.10. The first-order chi connectivity index (χ1) is 7.24. The molecule has 92 valence electrons. The number of aliphatic hydroxyl groups excluding tert-OH is 1. The summed E-state index contributed by atoms with van der Waals surface area (Å²) in [6, 6.07) is 0.211. The third-order valence-corrected chi connectivity index (χ3v) is 3.85. The highest BCUT2D eigenvalue weighted by molar-refractivity contribution is 7.85. The Morgan fingerprint density at radius 2 is 2.07 bits per heavy atom. The molecule has 3 nitrogen and oxygen atoms in total. The van der Waals surface area contributed by atoms with Crippen molar-refractivity contribution >= 4 is 10.8 Å². The lowest BCUT2D eigenvalue weighted by Crippen LogP contribution is -2.35. The van der Waals surface area contributed by atoms with E-state index in [4.69, 9.17) is 5.11 Å². The molecule has 15 heavy (non-hydrogen) atoms. The molecule has 0 aromatic rings. The van der Waals surface area contributed by atoms with Gasteiger partial charge in [-0.2, -0.15) is 0 Å². The summed E-state index contributed by atoms with van der Waals surface area (Å²) in [5.74, 6) is 1.49. The van der Waals surface area contributed by atoms with Crippen LogP contribution in [0.3, 0.4) is 0 Å². The second kappa shape index (κ2) is 10.6. The zero-order valence-electron chi connectivity index (χ0n) is 10.00. The maximum atomic E-state index is 11.7. The van der Waals surface area contributed by atoms with Gasteiger partial charge >= 0.3 is 0 Å². The number of unbranched alkanes of at least 4 members (excludes halogenated alkanes) is 2. The fraction of sp³-hybridized carbons (Fsp3) is 1.00.